The van der Waals surface area contributed by atoms with Crippen molar-refractivity contribution in [2.75, 3.05) is 0 Å². The molecule has 4 N–H and O–H groups in total. The Hall–Kier alpha value is -0.835. The molecule has 1 aromatic carbocycles. The highest BCUT2D eigenvalue weighted by atomic mass is 16.4. The summed E-state index contributed by atoms with van der Waals surface area (Å²) in [6, 6.07) is 10.8. The Balaban J connectivity index is 1.97. The van der Waals surface area contributed by atoms with Crippen molar-refractivity contribution in [2.45, 2.75) is 57.3 Å². The second-order valence-corrected chi connectivity index (χ2v) is 5.26. The van der Waals surface area contributed by atoms with Gasteiger partial charge in [-0.2, -0.15) is 0 Å². The van der Waals surface area contributed by atoms with E-state index >= 15 is 0 Å². The smallest absolute Gasteiger partial charge is 0.427 e. The quantitative estimate of drug-likeness (QED) is 0.448. The first-order chi connectivity index (χ1) is 9.18. The van der Waals surface area contributed by atoms with Crippen molar-refractivity contribution in [1.82, 2.24) is 0 Å². The Bertz CT molecular complexity index is 319. The summed E-state index contributed by atoms with van der Waals surface area (Å²) in [5.41, 5.74) is 7.44. The molecule has 0 fully saturated rings. The molecule has 0 saturated carbocycles. The van der Waals surface area contributed by atoms with Crippen molar-refractivity contribution in [2.24, 2.45) is 5.73 Å². The van der Waals surface area contributed by atoms with Crippen LogP contribution in [0.2, 0.25) is 6.32 Å². The summed E-state index contributed by atoms with van der Waals surface area (Å²) in [6.07, 6.45) is 7.82. The first kappa shape index (κ1) is 16.2. The van der Waals surface area contributed by atoms with E-state index in [0.29, 0.717) is 6.32 Å². The lowest BCUT2D eigenvalue weighted by molar-refractivity contribution is 0.400. The number of nitrogens with two attached hydrogens (primary N) is 1. The van der Waals surface area contributed by atoms with Gasteiger partial charge in [0.1, 0.15) is 0 Å². The van der Waals surface area contributed by atoms with Crippen molar-refractivity contribution in [1.29, 1.82) is 0 Å². The fourth-order valence-electron chi connectivity index (χ4n) is 2.26. The lowest BCUT2D eigenvalue weighted by Gasteiger charge is -2.11. The third-order valence-corrected chi connectivity index (χ3v) is 3.42. The Morgan fingerprint density at radius 1 is 0.947 bits per heavy atom. The van der Waals surface area contributed by atoms with E-state index < -0.39 is 7.12 Å². The van der Waals surface area contributed by atoms with Crippen LogP contribution < -0.4 is 5.73 Å². The second-order valence-electron chi connectivity index (χ2n) is 5.26. The molecule has 0 aliphatic rings. The molecule has 0 heterocycles. The highest BCUT2D eigenvalue weighted by molar-refractivity contribution is 6.40. The normalized spacial score (nSPS) is 12.4. The molecule has 1 atom stereocenters. The number of aryl methyl sites for hydroxylation is 1. The number of benzene rings is 1. The number of unbranched alkanes of at least 4 members (excludes halogenated alkanes) is 2. The van der Waals surface area contributed by atoms with Crippen molar-refractivity contribution in [3.8, 4) is 0 Å². The van der Waals surface area contributed by atoms with Gasteiger partial charge in [-0.3, -0.25) is 0 Å². The van der Waals surface area contributed by atoms with Crippen LogP contribution in [0.3, 0.4) is 0 Å². The third-order valence-electron chi connectivity index (χ3n) is 3.42. The maximum absolute atomic E-state index is 8.72. The molecule has 3 nitrogen and oxygen atoms in total. The molecule has 106 valence electrons. The van der Waals surface area contributed by atoms with E-state index in [0.717, 1.165) is 32.1 Å². The summed E-state index contributed by atoms with van der Waals surface area (Å²) >= 11 is 0. The van der Waals surface area contributed by atoms with E-state index in [1.54, 1.807) is 0 Å². The molecule has 4 heteroatoms. The van der Waals surface area contributed by atoms with Crippen LogP contribution in [0.1, 0.15) is 44.1 Å². The van der Waals surface area contributed by atoms with Crippen molar-refractivity contribution >= 4 is 7.12 Å². The lowest BCUT2D eigenvalue weighted by atomic mass is 9.83. The van der Waals surface area contributed by atoms with Crippen LogP contribution in [0.15, 0.2) is 30.3 Å². The van der Waals surface area contributed by atoms with E-state index in [4.69, 9.17) is 15.8 Å². The van der Waals surface area contributed by atoms with Crippen LogP contribution in [0.5, 0.6) is 0 Å². The van der Waals surface area contributed by atoms with Gasteiger partial charge in [-0.1, -0.05) is 49.6 Å². The highest BCUT2D eigenvalue weighted by Gasteiger charge is 2.07. The van der Waals surface area contributed by atoms with Gasteiger partial charge in [0.15, 0.2) is 0 Å². The topological polar surface area (TPSA) is 66.5 Å². The van der Waals surface area contributed by atoms with Gasteiger partial charge in [-0.15, -0.1) is 0 Å². The van der Waals surface area contributed by atoms with E-state index in [-0.39, 0.29) is 6.04 Å². The molecule has 1 rings (SSSR count). The zero-order valence-electron chi connectivity index (χ0n) is 11.7. The van der Waals surface area contributed by atoms with Crippen LogP contribution >= 0.6 is 0 Å². The predicted molar refractivity (Wildman–Crippen MR) is 80.8 cm³/mol. The molecule has 1 aromatic rings. The standard InChI is InChI=1S/C15H26BNO2/c17-15(12-6-7-13-16(18)19)11-5-4-10-14-8-2-1-3-9-14/h1-3,8-9,15,18-19H,4-7,10-13,17H2. The first-order valence-corrected chi connectivity index (χ1v) is 7.34. The van der Waals surface area contributed by atoms with Crippen molar-refractivity contribution < 1.29 is 10.0 Å². The Labute approximate surface area is 117 Å². The SMILES string of the molecule is NC(CCCCB(O)O)CCCCc1ccccc1. The molecular formula is C15H26BNO2. The van der Waals surface area contributed by atoms with Crippen LogP contribution in [-0.4, -0.2) is 23.2 Å². The summed E-state index contributed by atoms with van der Waals surface area (Å²) in [5.74, 6) is 0. The van der Waals surface area contributed by atoms with Gasteiger partial charge in [0.2, 0.25) is 0 Å². The summed E-state index contributed by atoms with van der Waals surface area (Å²) < 4.78 is 0. The van der Waals surface area contributed by atoms with Gasteiger partial charge < -0.3 is 15.8 Å². The van der Waals surface area contributed by atoms with E-state index in [2.05, 4.69) is 24.3 Å². The third kappa shape index (κ3) is 8.81. The van der Waals surface area contributed by atoms with Crippen molar-refractivity contribution in [3.05, 3.63) is 35.9 Å². The summed E-state index contributed by atoms with van der Waals surface area (Å²) in [7, 11) is -1.16. The van der Waals surface area contributed by atoms with Crippen molar-refractivity contribution in [3.63, 3.8) is 0 Å². The maximum atomic E-state index is 8.72. The molecule has 0 aliphatic carbocycles. The minimum Gasteiger partial charge on any atom is -0.427 e. The predicted octanol–water partition coefficient (Wildman–Crippen LogP) is 2.37. The minimum absolute atomic E-state index is 0.256. The average molecular weight is 263 g/mol. The molecule has 19 heavy (non-hydrogen) atoms. The number of hydrogen-bond acceptors (Lipinski definition) is 3. The summed E-state index contributed by atoms with van der Waals surface area (Å²) in [6.45, 7) is 0. The van der Waals surface area contributed by atoms with Crippen LogP contribution in [0, 0.1) is 0 Å². The fourth-order valence-corrected chi connectivity index (χ4v) is 2.26. The largest absolute Gasteiger partial charge is 0.451 e. The maximum Gasteiger partial charge on any atom is 0.451 e. The van der Waals surface area contributed by atoms with E-state index in [1.165, 1.54) is 18.4 Å². The number of rotatable bonds is 10. The summed E-state index contributed by atoms with van der Waals surface area (Å²) in [4.78, 5) is 0. The Morgan fingerprint density at radius 3 is 2.21 bits per heavy atom. The minimum atomic E-state index is -1.16. The van der Waals surface area contributed by atoms with Gasteiger partial charge >= 0.3 is 7.12 Å². The fraction of sp³-hybridized carbons (Fsp3) is 0.600. The molecule has 0 amide bonds. The zero-order valence-corrected chi connectivity index (χ0v) is 11.7. The van der Waals surface area contributed by atoms with E-state index in [9.17, 15) is 0 Å². The summed E-state index contributed by atoms with van der Waals surface area (Å²) in [5, 5.41) is 17.4. The van der Waals surface area contributed by atoms with Gasteiger partial charge in [-0.25, -0.2) is 0 Å². The molecular weight excluding hydrogens is 237 g/mol. The molecule has 1 unspecified atom stereocenters. The van der Waals surface area contributed by atoms with Gasteiger partial charge in [-0.05, 0) is 37.6 Å². The molecule has 0 bridgehead atoms. The van der Waals surface area contributed by atoms with Crippen LogP contribution in [0.25, 0.3) is 0 Å². The lowest BCUT2D eigenvalue weighted by Crippen LogP contribution is -2.20. The highest BCUT2D eigenvalue weighted by Crippen LogP contribution is 2.11. The zero-order chi connectivity index (χ0) is 13.9. The monoisotopic (exact) mass is 263 g/mol. The van der Waals surface area contributed by atoms with E-state index in [1.807, 2.05) is 6.07 Å². The molecule has 0 aromatic heterocycles. The van der Waals surface area contributed by atoms with Gasteiger partial charge in [0.05, 0.1) is 0 Å². The second kappa shape index (κ2) is 10.0. The first-order valence-electron chi connectivity index (χ1n) is 7.34. The Morgan fingerprint density at radius 2 is 1.58 bits per heavy atom. The molecule has 0 aliphatic heterocycles. The van der Waals surface area contributed by atoms with Gasteiger partial charge in [0.25, 0.3) is 0 Å². The number of hydrogen-bond donors (Lipinski definition) is 3. The molecule has 0 saturated heterocycles. The van der Waals surface area contributed by atoms with Crippen LogP contribution in [-0.2, 0) is 6.42 Å². The molecule has 0 radical (unpaired) electrons. The molecule has 0 spiro atoms. The average Bonchev–Trinajstić information content (AvgIpc) is 2.41. The Kier molecular flexibility index (Phi) is 8.55. The van der Waals surface area contributed by atoms with Gasteiger partial charge in [0, 0.05) is 6.04 Å². The van der Waals surface area contributed by atoms with Crippen LogP contribution in [0.4, 0.5) is 0 Å².